The lowest BCUT2D eigenvalue weighted by molar-refractivity contribution is 0.203. The lowest BCUT2D eigenvalue weighted by Crippen LogP contribution is -2.40. The standard InChI is InChI=1S/C19H27N3O/c1-5-21(6-2)19(23)20-13-12-17-14-15(3)22(16(17)4)18-10-8-7-9-11-18/h7-11,14H,5-6,12-13H2,1-4H3,(H,20,23). The summed E-state index contributed by atoms with van der Waals surface area (Å²) >= 11 is 0. The maximum atomic E-state index is 12.0. The van der Waals surface area contributed by atoms with Crippen LogP contribution in [0.4, 0.5) is 4.79 Å². The van der Waals surface area contributed by atoms with Gasteiger partial charge in [0.05, 0.1) is 0 Å². The fraction of sp³-hybridized carbons (Fsp3) is 0.421. The highest BCUT2D eigenvalue weighted by molar-refractivity contribution is 5.74. The van der Waals surface area contributed by atoms with E-state index in [1.54, 1.807) is 4.90 Å². The summed E-state index contributed by atoms with van der Waals surface area (Å²) in [4.78, 5) is 13.8. The van der Waals surface area contributed by atoms with Crippen LogP contribution in [0, 0.1) is 13.8 Å². The van der Waals surface area contributed by atoms with Gasteiger partial charge in [0.15, 0.2) is 0 Å². The summed E-state index contributed by atoms with van der Waals surface area (Å²) < 4.78 is 2.27. The Balaban J connectivity index is 2.04. The van der Waals surface area contributed by atoms with Crippen molar-refractivity contribution in [3.05, 3.63) is 53.3 Å². The third kappa shape index (κ3) is 3.95. The van der Waals surface area contributed by atoms with Crippen molar-refractivity contribution in [1.29, 1.82) is 0 Å². The lowest BCUT2D eigenvalue weighted by Gasteiger charge is -2.19. The molecule has 1 aromatic heterocycles. The molecule has 4 nitrogen and oxygen atoms in total. The first kappa shape index (κ1) is 17.1. The molecule has 23 heavy (non-hydrogen) atoms. The molecule has 124 valence electrons. The summed E-state index contributed by atoms with van der Waals surface area (Å²) in [5.74, 6) is 0. The van der Waals surface area contributed by atoms with E-state index in [1.807, 2.05) is 19.9 Å². The molecule has 2 amide bonds. The van der Waals surface area contributed by atoms with E-state index in [0.717, 1.165) is 19.5 Å². The molecule has 2 rings (SSSR count). The Morgan fingerprint density at radius 2 is 1.78 bits per heavy atom. The van der Waals surface area contributed by atoms with E-state index < -0.39 is 0 Å². The van der Waals surface area contributed by atoms with E-state index >= 15 is 0 Å². The van der Waals surface area contributed by atoms with Crippen molar-refractivity contribution in [3.8, 4) is 5.69 Å². The minimum atomic E-state index is 0.0202. The number of amides is 2. The van der Waals surface area contributed by atoms with Crippen molar-refractivity contribution < 1.29 is 4.79 Å². The van der Waals surface area contributed by atoms with E-state index in [0.29, 0.717) is 6.54 Å². The second-order valence-corrected chi connectivity index (χ2v) is 5.72. The maximum Gasteiger partial charge on any atom is 0.317 e. The molecule has 0 aliphatic carbocycles. The molecule has 0 unspecified atom stereocenters. The molecule has 0 spiro atoms. The second kappa shape index (κ2) is 7.86. The van der Waals surface area contributed by atoms with Crippen LogP contribution >= 0.6 is 0 Å². The number of urea groups is 1. The maximum absolute atomic E-state index is 12.0. The molecular weight excluding hydrogens is 286 g/mol. The van der Waals surface area contributed by atoms with Crippen LogP contribution in [0.25, 0.3) is 5.69 Å². The van der Waals surface area contributed by atoms with E-state index in [4.69, 9.17) is 0 Å². The highest BCUT2D eigenvalue weighted by Gasteiger charge is 2.12. The molecule has 4 heteroatoms. The molecule has 0 saturated heterocycles. The summed E-state index contributed by atoms with van der Waals surface area (Å²) in [7, 11) is 0. The number of hydrogen-bond donors (Lipinski definition) is 1. The molecule has 0 fully saturated rings. The minimum absolute atomic E-state index is 0.0202. The van der Waals surface area contributed by atoms with Gasteiger partial charge in [-0.25, -0.2) is 4.79 Å². The number of hydrogen-bond acceptors (Lipinski definition) is 1. The van der Waals surface area contributed by atoms with Gasteiger partial charge in [-0.1, -0.05) is 18.2 Å². The molecule has 0 bridgehead atoms. The first-order valence-corrected chi connectivity index (χ1v) is 8.34. The van der Waals surface area contributed by atoms with Gasteiger partial charge in [-0.2, -0.15) is 0 Å². The summed E-state index contributed by atoms with van der Waals surface area (Å²) in [6, 6.07) is 12.6. The number of nitrogens with one attached hydrogen (secondary N) is 1. The quantitative estimate of drug-likeness (QED) is 0.867. The average molecular weight is 313 g/mol. The van der Waals surface area contributed by atoms with Crippen molar-refractivity contribution in [2.45, 2.75) is 34.1 Å². The van der Waals surface area contributed by atoms with Gasteiger partial charge in [0.2, 0.25) is 0 Å². The van der Waals surface area contributed by atoms with E-state index in [-0.39, 0.29) is 6.03 Å². The number of aryl methyl sites for hydroxylation is 1. The number of rotatable bonds is 6. The molecule has 0 saturated carbocycles. The van der Waals surface area contributed by atoms with Crippen LogP contribution in [0.15, 0.2) is 36.4 Å². The molecule has 0 aliphatic heterocycles. The summed E-state index contributed by atoms with van der Waals surface area (Å²) in [5, 5.41) is 3.01. The Hall–Kier alpha value is -2.23. The smallest absolute Gasteiger partial charge is 0.317 e. The van der Waals surface area contributed by atoms with Crippen LogP contribution < -0.4 is 5.32 Å². The number of aromatic nitrogens is 1. The van der Waals surface area contributed by atoms with Crippen molar-refractivity contribution in [3.63, 3.8) is 0 Å². The Kier molecular flexibility index (Phi) is 5.85. The van der Waals surface area contributed by atoms with Gasteiger partial charge >= 0.3 is 6.03 Å². The molecule has 0 radical (unpaired) electrons. The van der Waals surface area contributed by atoms with E-state index in [2.05, 4.69) is 54.1 Å². The molecule has 1 heterocycles. The summed E-state index contributed by atoms with van der Waals surface area (Å²) in [5.41, 5.74) is 4.93. The summed E-state index contributed by atoms with van der Waals surface area (Å²) in [6.07, 6.45) is 0.847. The third-order valence-electron chi connectivity index (χ3n) is 4.27. The van der Waals surface area contributed by atoms with Gasteiger partial charge in [-0.05, 0) is 57.9 Å². The van der Waals surface area contributed by atoms with Gasteiger partial charge in [-0.3, -0.25) is 0 Å². The lowest BCUT2D eigenvalue weighted by atomic mass is 10.2. The SMILES string of the molecule is CCN(CC)C(=O)NCCc1cc(C)n(-c2ccccc2)c1C. The number of carbonyl (C=O) groups is 1. The van der Waals surface area contributed by atoms with Gasteiger partial charge in [-0.15, -0.1) is 0 Å². The molecule has 2 aromatic rings. The zero-order valence-electron chi connectivity index (χ0n) is 14.6. The topological polar surface area (TPSA) is 37.3 Å². The predicted molar refractivity (Wildman–Crippen MR) is 95.3 cm³/mol. The minimum Gasteiger partial charge on any atom is -0.338 e. The summed E-state index contributed by atoms with van der Waals surface area (Å²) in [6.45, 7) is 10.4. The highest BCUT2D eigenvalue weighted by atomic mass is 16.2. The van der Waals surface area contributed by atoms with E-state index in [9.17, 15) is 4.79 Å². The molecule has 1 N–H and O–H groups in total. The Bertz CT molecular complexity index is 642. The van der Waals surface area contributed by atoms with Crippen LogP contribution in [-0.2, 0) is 6.42 Å². The van der Waals surface area contributed by atoms with Gasteiger partial charge in [0, 0.05) is 36.7 Å². The highest BCUT2D eigenvalue weighted by Crippen LogP contribution is 2.20. The van der Waals surface area contributed by atoms with Gasteiger partial charge in [0.25, 0.3) is 0 Å². The van der Waals surface area contributed by atoms with Crippen LogP contribution in [0.2, 0.25) is 0 Å². The van der Waals surface area contributed by atoms with Crippen LogP contribution in [0.3, 0.4) is 0 Å². The van der Waals surface area contributed by atoms with Crippen LogP contribution in [0.1, 0.15) is 30.8 Å². The first-order valence-electron chi connectivity index (χ1n) is 8.34. The zero-order chi connectivity index (χ0) is 16.8. The fourth-order valence-corrected chi connectivity index (χ4v) is 2.98. The molecular formula is C19H27N3O. The molecule has 0 atom stereocenters. The first-order chi connectivity index (χ1) is 11.1. The Morgan fingerprint density at radius 1 is 1.13 bits per heavy atom. The number of para-hydroxylation sites is 1. The molecule has 1 aromatic carbocycles. The van der Waals surface area contributed by atoms with Crippen molar-refractivity contribution in [2.24, 2.45) is 0 Å². The van der Waals surface area contributed by atoms with Gasteiger partial charge in [0.1, 0.15) is 0 Å². The Labute approximate surface area is 139 Å². The Morgan fingerprint density at radius 3 is 2.39 bits per heavy atom. The normalized spacial score (nSPS) is 10.6. The number of nitrogens with zero attached hydrogens (tertiary/aromatic N) is 2. The predicted octanol–water partition coefficient (Wildman–Crippen LogP) is 3.69. The van der Waals surface area contributed by atoms with Gasteiger partial charge < -0.3 is 14.8 Å². The van der Waals surface area contributed by atoms with Crippen molar-refractivity contribution in [1.82, 2.24) is 14.8 Å². The average Bonchev–Trinajstić information content (AvgIpc) is 2.83. The fourth-order valence-electron chi connectivity index (χ4n) is 2.98. The van der Waals surface area contributed by atoms with Crippen LogP contribution in [-0.4, -0.2) is 35.1 Å². The number of carbonyl (C=O) groups excluding carboxylic acids is 1. The van der Waals surface area contributed by atoms with E-state index in [1.165, 1.54) is 22.6 Å². The van der Waals surface area contributed by atoms with Crippen molar-refractivity contribution >= 4 is 6.03 Å². The number of benzene rings is 1. The molecule has 0 aliphatic rings. The zero-order valence-corrected chi connectivity index (χ0v) is 14.6. The largest absolute Gasteiger partial charge is 0.338 e. The third-order valence-corrected chi connectivity index (χ3v) is 4.27. The monoisotopic (exact) mass is 313 g/mol. The second-order valence-electron chi connectivity index (χ2n) is 5.72. The van der Waals surface area contributed by atoms with Crippen LogP contribution in [0.5, 0.6) is 0 Å². The van der Waals surface area contributed by atoms with Crippen molar-refractivity contribution in [2.75, 3.05) is 19.6 Å².